The molecule has 0 spiro atoms. The minimum Gasteiger partial charge on any atom is -0.465 e. The van der Waals surface area contributed by atoms with Crippen molar-refractivity contribution in [2.24, 2.45) is 5.73 Å². The maximum Gasteiger partial charge on any atom is 0.325 e. The van der Waals surface area contributed by atoms with Gasteiger partial charge >= 0.3 is 11.9 Å². The summed E-state index contributed by atoms with van der Waals surface area (Å²) in [4.78, 5) is 51.4. The predicted molar refractivity (Wildman–Crippen MR) is 171 cm³/mol. The van der Waals surface area contributed by atoms with Crippen LogP contribution < -0.4 is 11.1 Å². The molecule has 0 saturated carbocycles. The van der Waals surface area contributed by atoms with Gasteiger partial charge < -0.3 is 20.5 Å². The third kappa shape index (κ3) is 11.1. The van der Waals surface area contributed by atoms with E-state index in [4.69, 9.17) is 15.2 Å². The number of carbonyl (C=O) groups is 4. The molecule has 0 heterocycles. The second-order valence-corrected chi connectivity index (χ2v) is 14.2. The number of hydrogen-bond donors (Lipinski definition) is 3. The lowest BCUT2D eigenvalue weighted by Crippen LogP contribution is -2.50. The van der Waals surface area contributed by atoms with Gasteiger partial charge in [0.2, 0.25) is 11.8 Å². The van der Waals surface area contributed by atoms with Gasteiger partial charge in [0.15, 0.2) is 7.29 Å². The number of nitrogens with two attached hydrogens (primary N) is 1. The van der Waals surface area contributed by atoms with E-state index >= 15 is 4.57 Å². The van der Waals surface area contributed by atoms with E-state index in [9.17, 15) is 19.2 Å². The molecule has 42 heavy (non-hydrogen) atoms. The van der Waals surface area contributed by atoms with E-state index in [1.165, 1.54) is 0 Å². The molecule has 0 fully saturated rings. The second-order valence-electron chi connectivity index (χ2n) is 9.27. The number of rotatable bonds is 16. The van der Waals surface area contributed by atoms with E-state index < -0.39 is 49.7 Å². The van der Waals surface area contributed by atoms with Crippen LogP contribution in [0.25, 0.3) is 0 Å². The number of amides is 2. The lowest BCUT2D eigenvalue weighted by Gasteiger charge is -2.37. The number of thiol groups is 1. The van der Waals surface area contributed by atoms with Crippen molar-refractivity contribution in [3.8, 4) is 0 Å². The van der Waals surface area contributed by atoms with Crippen molar-refractivity contribution in [3.05, 3.63) is 68.6 Å². The third-order valence-corrected chi connectivity index (χ3v) is 10.5. The van der Waals surface area contributed by atoms with Crippen LogP contribution in [-0.2, 0) is 45.5 Å². The van der Waals surface area contributed by atoms with Crippen molar-refractivity contribution < 1.29 is 33.2 Å². The zero-order chi connectivity index (χ0) is 31.3. The molecule has 2 rings (SSSR count). The van der Waals surface area contributed by atoms with Gasteiger partial charge in [-0.25, -0.2) is 0 Å². The number of ether oxygens (including phenoxy) is 2. The van der Waals surface area contributed by atoms with Crippen molar-refractivity contribution in [2.45, 2.75) is 51.1 Å². The predicted octanol–water partition coefficient (Wildman–Crippen LogP) is 4.67. The molecule has 14 heteroatoms. The molecule has 10 nitrogen and oxygen atoms in total. The van der Waals surface area contributed by atoms with Crippen molar-refractivity contribution in [3.63, 3.8) is 0 Å². The maximum atomic E-state index is 15.1. The van der Waals surface area contributed by atoms with Crippen LogP contribution in [0.15, 0.2) is 57.5 Å². The summed E-state index contributed by atoms with van der Waals surface area (Å²) in [7, 11) is -3.77. The van der Waals surface area contributed by atoms with Crippen molar-refractivity contribution in [1.29, 1.82) is 0 Å². The summed E-state index contributed by atoms with van der Waals surface area (Å²) in [6.07, 6.45) is -0.447. The fraction of sp³-hybridized carbons (Fsp3) is 0.429. The van der Waals surface area contributed by atoms with E-state index in [-0.39, 0.29) is 44.1 Å². The lowest BCUT2D eigenvalue weighted by molar-refractivity contribution is -0.145. The summed E-state index contributed by atoms with van der Waals surface area (Å²) in [5.74, 6) is -2.86. The first-order valence-corrected chi connectivity index (χ1v) is 17.5. The van der Waals surface area contributed by atoms with Crippen LogP contribution in [0.3, 0.4) is 0 Å². The fourth-order valence-corrected chi connectivity index (χ4v) is 8.28. The highest BCUT2D eigenvalue weighted by Gasteiger charge is 2.42. The minimum atomic E-state index is -3.77. The molecule has 2 unspecified atom stereocenters. The Morgan fingerprint density at radius 3 is 1.88 bits per heavy atom. The lowest BCUT2D eigenvalue weighted by atomic mass is 10.1. The molecule has 0 radical (unpaired) electrons. The number of benzene rings is 2. The highest BCUT2D eigenvalue weighted by molar-refractivity contribution is 9.10. The number of carbonyl (C=O) groups excluding carboxylic acids is 4. The van der Waals surface area contributed by atoms with E-state index in [1.807, 2.05) is 0 Å². The van der Waals surface area contributed by atoms with Crippen molar-refractivity contribution >= 4 is 75.5 Å². The fourth-order valence-electron chi connectivity index (χ4n) is 4.11. The molecule has 2 aromatic carbocycles. The van der Waals surface area contributed by atoms with Crippen LogP contribution in [0.2, 0.25) is 0 Å². The van der Waals surface area contributed by atoms with Crippen LogP contribution in [0.4, 0.5) is 0 Å². The Kier molecular flexibility index (Phi) is 15.3. The van der Waals surface area contributed by atoms with Crippen molar-refractivity contribution in [1.82, 2.24) is 9.99 Å². The largest absolute Gasteiger partial charge is 0.465 e. The molecular formula is C28H36Br2N3O7PS. The van der Waals surface area contributed by atoms with Gasteiger partial charge in [0, 0.05) is 33.4 Å². The normalized spacial score (nSPS) is 12.6. The number of nitrogens with zero attached hydrogens (tertiary/aromatic N) is 1. The Morgan fingerprint density at radius 1 is 0.929 bits per heavy atom. The van der Waals surface area contributed by atoms with Gasteiger partial charge in [-0.3, -0.25) is 28.4 Å². The Morgan fingerprint density at radius 2 is 1.43 bits per heavy atom. The Balaban J connectivity index is 2.55. The van der Waals surface area contributed by atoms with Gasteiger partial charge in [-0.1, -0.05) is 56.1 Å². The molecule has 3 N–H and O–H groups in total. The third-order valence-electron chi connectivity index (χ3n) is 6.08. The van der Waals surface area contributed by atoms with E-state index in [0.717, 1.165) is 13.6 Å². The van der Waals surface area contributed by atoms with Crippen LogP contribution in [-0.4, -0.2) is 66.0 Å². The molecule has 0 bridgehead atoms. The van der Waals surface area contributed by atoms with Gasteiger partial charge in [0.1, 0.15) is 18.6 Å². The first-order chi connectivity index (χ1) is 19.9. The smallest absolute Gasteiger partial charge is 0.325 e. The molecule has 2 atom stereocenters. The molecule has 0 saturated heterocycles. The molecule has 0 aliphatic rings. The molecule has 0 aliphatic heterocycles. The summed E-state index contributed by atoms with van der Waals surface area (Å²) in [6.45, 7) is 3.11. The molecule has 2 amide bonds. The summed E-state index contributed by atoms with van der Waals surface area (Å²) < 4.78 is 27.7. The molecule has 230 valence electrons. The van der Waals surface area contributed by atoms with Crippen LogP contribution >= 0.6 is 51.8 Å². The van der Waals surface area contributed by atoms with Gasteiger partial charge in [-0.2, -0.15) is 12.6 Å². The quantitative estimate of drug-likeness (QED) is 0.128. The van der Waals surface area contributed by atoms with Crippen LogP contribution in [0.1, 0.15) is 37.8 Å². The van der Waals surface area contributed by atoms with Gasteiger partial charge in [-0.05, 0) is 55.7 Å². The molecular weight excluding hydrogens is 713 g/mol. The highest BCUT2D eigenvalue weighted by atomic mass is 79.9. The first-order valence-electron chi connectivity index (χ1n) is 13.3. The molecule has 2 aromatic rings. The first kappa shape index (κ1) is 36.0. The SMILES string of the molecule is CCOC(=O)CNC(=O)C(CS)N(C(=O)CCC(N)C(=O)OCC)P(=O)(Cc1ccc(Br)cc1)Cc1ccc(Br)cc1. The summed E-state index contributed by atoms with van der Waals surface area (Å²) in [5, 5.41) is 2.48. The van der Waals surface area contributed by atoms with E-state index in [0.29, 0.717) is 11.1 Å². The van der Waals surface area contributed by atoms with E-state index in [1.54, 1.807) is 62.4 Å². The number of halogens is 2. The minimum absolute atomic E-state index is 0.0402. The van der Waals surface area contributed by atoms with Crippen molar-refractivity contribution in [2.75, 3.05) is 25.5 Å². The Labute approximate surface area is 268 Å². The van der Waals surface area contributed by atoms with Crippen LogP contribution in [0, 0.1) is 0 Å². The topological polar surface area (TPSA) is 145 Å². The summed E-state index contributed by atoms with van der Waals surface area (Å²) in [6, 6.07) is 12.0. The average Bonchev–Trinajstić information content (AvgIpc) is 2.95. The van der Waals surface area contributed by atoms with Gasteiger partial charge in [0.25, 0.3) is 0 Å². The zero-order valence-electron chi connectivity index (χ0n) is 23.5. The standard InChI is InChI=1S/C28H36Br2N3O7PS/c1-3-39-26(35)15-32-27(36)24(18-42)33(25(34)14-13-23(31)28(37)40-4-2)41(38,16-19-5-9-21(29)10-6-19)17-20-7-11-22(30)12-8-20/h5-12,23-24,42H,3-4,13-18,31H2,1-2H3,(H,32,36). The molecule has 0 aliphatic carbocycles. The van der Waals surface area contributed by atoms with Gasteiger partial charge in [-0.15, -0.1) is 0 Å². The monoisotopic (exact) mass is 747 g/mol. The summed E-state index contributed by atoms with van der Waals surface area (Å²) >= 11 is 11.2. The summed E-state index contributed by atoms with van der Waals surface area (Å²) in [5.41, 5.74) is 7.31. The number of esters is 2. The van der Waals surface area contributed by atoms with Gasteiger partial charge in [0.05, 0.1) is 13.2 Å². The average molecular weight is 749 g/mol. The van der Waals surface area contributed by atoms with E-state index in [2.05, 4.69) is 49.8 Å². The number of nitrogens with one attached hydrogen (secondary N) is 1. The zero-order valence-corrected chi connectivity index (χ0v) is 28.4. The maximum absolute atomic E-state index is 15.1. The highest BCUT2D eigenvalue weighted by Crippen LogP contribution is 2.57. The second kappa shape index (κ2) is 17.8. The Hall–Kier alpha value is -2.18. The molecule has 0 aromatic heterocycles. The Bertz CT molecular complexity index is 1210. The van der Waals surface area contributed by atoms with Crippen LogP contribution in [0.5, 0.6) is 0 Å². The number of hydrogen-bond acceptors (Lipinski definition) is 9.